The van der Waals surface area contributed by atoms with Gasteiger partial charge >= 0.3 is 0 Å². The van der Waals surface area contributed by atoms with Crippen LogP contribution in [0.4, 0.5) is 0 Å². The molecule has 0 aliphatic carbocycles. The molecule has 5 nitrogen and oxygen atoms in total. The number of furan rings is 1. The Hall–Kier alpha value is -7.18. The van der Waals surface area contributed by atoms with Crippen molar-refractivity contribution in [3.05, 3.63) is 163 Å². The van der Waals surface area contributed by atoms with E-state index in [0.717, 1.165) is 94.8 Å². The summed E-state index contributed by atoms with van der Waals surface area (Å²) < 4.78 is 26.0. The van der Waals surface area contributed by atoms with E-state index in [4.69, 9.17) is 13.9 Å². The van der Waals surface area contributed by atoms with Gasteiger partial charge in [-0.25, -0.2) is 0 Å². The van der Waals surface area contributed by atoms with E-state index in [2.05, 4.69) is 182 Å². The molecule has 0 atom stereocenters. The predicted octanol–water partition coefficient (Wildman–Crippen LogP) is 11.8. The molecule has 11 aromatic rings. The Morgan fingerprint density at radius 3 is 1.62 bits per heavy atom. The molecule has 0 spiro atoms. The molecule has 0 amide bonds. The van der Waals surface area contributed by atoms with Crippen molar-refractivity contribution in [1.29, 1.82) is 0 Å². The van der Waals surface area contributed by atoms with Crippen LogP contribution in [-0.4, -0.2) is 15.8 Å². The highest BCUT2D eigenvalue weighted by Crippen LogP contribution is 2.46. The highest BCUT2D eigenvalue weighted by atomic mass is 16.5. The second kappa shape index (κ2) is 11.2. The number of hydrogen-bond donors (Lipinski definition) is 0. The number of fused-ring (bicyclic) bond motifs is 14. The van der Waals surface area contributed by atoms with Gasteiger partial charge in [-0.3, -0.25) is 0 Å². The summed E-state index contributed by atoms with van der Waals surface area (Å²) in [7, 11) is 0. The van der Waals surface area contributed by atoms with E-state index in [1.807, 2.05) is 6.07 Å². The van der Waals surface area contributed by atoms with Gasteiger partial charge in [0, 0.05) is 44.5 Å². The topological polar surface area (TPSA) is 41.5 Å². The molecule has 13 rings (SSSR count). The summed E-state index contributed by atoms with van der Waals surface area (Å²) in [5.74, 6) is 3.16. The van der Waals surface area contributed by atoms with Gasteiger partial charge < -0.3 is 23.0 Å². The minimum Gasteiger partial charge on any atom is -0.458 e. The first-order chi connectivity index (χ1) is 28.4. The van der Waals surface area contributed by atoms with Gasteiger partial charge in [0.25, 0.3) is 6.71 Å². The number of benzene rings is 8. The van der Waals surface area contributed by atoms with Crippen molar-refractivity contribution < 1.29 is 13.9 Å². The Kier molecular flexibility index (Phi) is 6.19. The van der Waals surface area contributed by atoms with Crippen molar-refractivity contribution in [3.63, 3.8) is 0 Å². The van der Waals surface area contributed by atoms with Crippen molar-refractivity contribution in [2.75, 3.05) is 0 Å². The Bertz CT molecular complexity index is 3470. The maximum atomic E-state index is 7.29. The second-order valence-electron chi connectivity index (χ2n) is 16.9. The van der Waals surface area contributed by atoms with Crippen molar-refractivity contribution >= 4 is 88.7 Å². The lowest BCUT2D eigenvalue weighted by molar-refractivity contribution is 0.461. The normalized spacial score (nSPS) is 13.3. The van der Waals surface area contributed by atoms with Gasteiger partial charge in [0.1, 0.15) is 22.8 Å². The molecule has 0 saturated carbocycles. The van der Waals surface area contributed by atoms with Gasteiger partial charge in [-0.2, -0.15) is 0 Å². The summed E-state index contributed by atoms with van der Waals surface area (Å²) in [6, 6.07) is 56.5. The molecule has 5 heterocycles. The molecule has 0 bridgehead atoms. The van der Waals surface area contributed by atoms with Gasteiger partial charge in [-0.1, -0.05) is 124 Å². The maximum absolute atomic E-state index is 7.29. The van der Waals surface area contributed by atoms with Gasteiger partial charge in [0.05, 0.1) is 38.8 Å². The Morgan fingerprint density at radius 1 is 0.483 bits per heavy atom. The zero-order chi connectivity index (χ0) is 38.4. The molecule has 8 aromatic carbocycles. The average molecular weight is 747 g/mol. The summed E-state index contributed by atoms with van der Waals surface area (Å²) in [6.07, 6.45) is 0. The lowest BCUT2D eigenvalue weighted by atomic mass is 9.34. The fourth-order valence-corrected chi connectivity index (χ4v) is 9.96. The van der Waals surface area contributed by atoms with E-state index in [1.54, 1.807) is 0 Å². The highest BCUT2D eigenvalue weighted by Gasteiger charge is 2.43. The number of hydrogen-bond acceptors (Lipinski definition) is 3. The lowest BCUT2D eigenvalue weighted by Gasteiger charge is -2.34. The largest absolute Gasteiger partial charge is 0.458 e. The predicted molar refractivity (Wildman–Crippen MR) is 239 cm³/mol. The Labute approximate surface area is 334 Å². The first kappa shape index (κ1) is 32.0. The third-order valence-corrected chi connectivity index (χ3v) is 12.6. The number of rotatable bonds is 2. The minimum atomic E-state index is -0.184. The minimum absolute atomic E-state index is 0.0661. The van der Waals surface area contributed by atoms with Crippen LogP contribution in [0.2, 0.25) is 0 Å². The third kappa shape index (κ3) is 4.21. The molecule has 6 heteroatoms. The van der Waals surface area contributed by atoms with Gasteiger partial charge in [-0.15, -0.1) is 0 Å². The number of ether oxygens (including phenoxy) is 2. The van der Waals surface area contributed by atoms with Crippen LogP contribution in [0, 0.1) is 0 Å². The molecule has 0 unspecified atom stereocenters. The van der Waals surface area contributed by atoms with E-state index in [-0.39, 0.29) is 12.1 Å². The molecule has 0 N–H and O–H groups in total. The van der Waals surface area contributed by atoms with Crippen LogP contribution >= 0.6 is 0 Å². The van der Waals surface area contributed by atoms with Crippen molar-refractivity contribution in [3.8, 4) is 34.4 Å². The van der Waals surface area contributed by atoms with E-state index in [1.165, 1.54) is 27.1 Å². The zero-order valence-corrected chi connectivity index (χ0v) is 32.2. The average Bonchev–Trinajstić information content (AvgIpc) is 3.91. The van der Waals surface area contributed by atoms with E-state index < -0.39 is 0 Å². The van der Waals surface area contributed by atoms with Crippen LogP contribution in [0.1, 0.15) is 26.3 Å². The molecule has 0 radical (unpaired) electrons. The van der Waals surface area contributed by atoms with Gasteiger partial charge in [-0.05, 0) is 64.4 Å². The van der Waals surface area contributed by atoms with Crippen molar-refractivity contribution in [1.82, 2.24) is 9.13 Å². The Balaban J connectivity index is 1.16. The van der Waals surface area contributed by atoms with Crippen molar-refractivity contribution in [2.45, 2.75) is 26.2 Å². The van der Waals surface area contributed by atoms with E-state index >= 15 is 0 Å². The van der Waals surface area contributed by atoms with Crippen LogP contribution in [0.5, 0.6) is 23.0 Å². The van der Waals surface area contributed by atoms with Crippen LogP contribution in [-0.2, 0) is 5.41 Å². The molecule has 0 fully saturated rings. The molecule has 0 saturated heterocycles. The van der Waals surface area contributed by atoms with Crippen LogP contribution in [0.25, 0.3) is 76.9 Å². The van der Waals surface area contributed by atoms with Gasteiger partial charge in [0.15, 0.2) is 11.3 Å². The maximum Gasteiger partial charge on any atom is 0.260 e. The van der Waals surface area contributed by atoms with Crippen LogP contribution < -0.4 is 25.9 Å². The monoisotopic (exact) mass is 746 g/mol. The molecule has 274 valence electrons. The van der Waals surface area contributed by atoms with E-state index in [9.17, 15) is 0 Å². The third-order valence-electron chi connectivity index (χ3n) is 12.6. The first-order valence-electron chi connectivity index (χ1n) is 20.0. The summed E-state index contributed by atoms with van der Waals surface area (Å²) in [6.45, 7) is 6.63. The number of aromatic nitrogens is 2. The smallest absolute Gasteiger partial charge is 0.260 e. The lowest BCUT2D eigenvalue weighted by Crippen LogP contribution is -2.57. The summed E-state index contributed by atoms with van der Waals surface area (Å²) in [5.41, 5.74) is 12.5. The second-order valence-corrected chi connectivity index (χ2v) is 16.9. The number of para-hydroxylation sites is 5. The molecule has 3 aromatic heterocycles. The summed E-state index contributed by atoms with van der Waals surface area (Å²) in [5, 5.41) is 6.91. The summed E-state index contributed by atoms with van der Waals surface area (Å²) >= 11 is 0. The SMILES string of the molecule is CC(C)(C)c1ccc2c(c1)B1c3cc(-n4c5ccccc5c5ccccc54)c4c(oc5ccccc54)c3Oc3cc(-n4c5ccccc5c5ccccc54)cc(c31)O2. The molecule has 2 aliphatic rings. The molecule has 58 heavy (non-hydrogen) atoms. The molecular weight excluding hydrogens is 711 g/mol. The van der Waals surface area contributed by atoms with Crippen LogP contribution in [0.3, 0.4) is 0 Å². The van der Waals surface area contributed by atoms with Gasteiger partial charge in [0.2, 0.25) is 0 Å². The number of nitrogens with zero attached hydrogens (tertiary/aromatic N) is 2. The zero-order valence-electron chi connectivity index (χ0n) is 32.2. The fraction of sp³-hybridized carbons (Fsp3) is 0.0769. The Morgan fingerprint density at radius 2 is 1.02 bits per heavy atom. The van der Waals surface area contributed by atoms with Crippen LogP contribution in [0.15, 0.2) is 162 Å². The van der Waals surface area contributed by atoms with Crippen molar-refractivity contribution in [2.24, 2.45) is 0 Å². The summed E-state index contributed by atoms with van der Waals surface area (Å²) in [4.78, 5) is 0. The fourth-order valence-electron chi connectivity index (χ4n) is 9.96. The molecule has 2 aliphatic heterocycles. The highest BCUT2D eigenvalue weighted by molar-refractivity contribution is 6.98. The quantitative estimate of drug-likeness (QED) is 0.165. The first-order valence-corrected chi connectivity index (χ1v) is 20.0. The standard InChI is InChI=1S/C52H35BN2O3/c1-52(2,3)30-24-25-45-37(26-30)53-38-29-43(55-41-21-11-6-16-34(41)35-17-7-12-22-42(35)55)48-36-18-8-13-23-44(36)57-51(48)50(38)58-47-28-31(27-46(56-45)49(47)53)54-39-19-9-4-14-32(39)33-15-5-10-20-40(33)54/h4-29H,1-3H3. The molecular formula is C52H35BN2O3. The van der Waals surface area contributed by atoms with E-state index in [0.29, 0.717) is 0 Å².